The summed E-state index contributed by atoms with van der Waals surface area (Å²) in [5.41, 5.74) is 0.558. The first-order valence-corrected chi connectivity index (χ1v) is 8.38. The van der Waals surface area contributed by atoms with Gasteiger partial charge in [-0.2, -0.15) is 4.31 Å². The third-order valence-corrected chi connectivity index (χ3v) is 5.63. The number of rotatable bonds is 4. The van der Waals surface area contributed by atoms with Gasteiger partial charge in [0.2, 0.25) is 10.0 Å². The van der Waals surface area contributed by atoms with Crippen molar-refractivity contribution in [1.29, 1.82) is 0 Å². The van der Waals surface area contributed by atoms with Gasteiger partial charge in [-0.15, -0.1) is 0 Å². The Bertz CT molecular complexity index is 651. The second-order valence-corrected chi connectivity index (χ2v) is 7.10. The Labute approximate surface area is 124 Å². The first-order chi connectivity index (χ1) is 9.91. The Balaban J connectivity index is 2.32. The molecule has 0 aliphatic carbocycles. The van der Waals surface area contributed by atoms with Gasteiger partial charge in [0.1, 0.15) is 0 Å². The van der Waals surface area contributed by atoms with E-state index < -0.39 is 16.0 Å². The molecule has 0 amide bonds. The van der Waals surface area contributed by atoms with Crippen LogP contribution in [0.15, 0.2) is 35.2 Å². The van der Waals surface area contributed by atoms with E-state index in [0.717, 1.165) is 25.3 Å². The molecule has 6 heteroatoms. The van der Waals surface area contributed by atoms with Gasteiger partial charge >= 0.3 is 5.97 Å². The molecule has 1 aliphatic heterocycles. The Morgan fingerprint density at radius 1 is 1.38 bits per heavy atom. The predicted octanol–water partition coefficient (Wildman–Crippen LogP) is 2.35. The van der Waals surface area contributed by atoms with Crippen LogP contribution >= 0.6 is 0 Å². The van der Waals surface area contributed by atoms with Crippen molar-refractivity contribution >= 4 is 22.1 Å². The van der Waals surface area contributed by atoms with Gasteiger partial charge in [0.25, 0.3) is 0 Å². The van der Waals surface area contributed by atoms with Gasteiger partial charge in [-0.25, -0.2) is 13.2 Å². The third-order valence-electron chi connectivity index (χ3n) is 3.63. The lowest BCUT2D eigenvalue weighted by Gasteiger charge is -2.32. The zero-order valence-electron chi connectivity index (χ0n) is 11.9. The van der Waals surface area contributed by atoms with Crippen LogP contribution in [0.4, 0.5) is 0 Å². The molecule has 1 aliphatic rings. The molecular weight excluding hydrogens is 290 g/mol. The number of benzene rings is 1. The molecule has 114 valence electrons. The van der Waals surface area contributed by atoms with Gasteiger partial charge in [0.15, 0.2) is 0 Å². The number of hydrogen-bond acceptors (Lipinski definition) is 3. The number of sulfonamides is 1. The predicted molar refractivity (Wildman–Crippen MR) is 80.3 cm³/mol. The monoisotopic (exact) mass is 309 g/mol. The lowest BCUT2D eigenvalue weighted by Crippen LogP contribution is -2.41. The summed E-state index contributed by atoms with van der Waals surface area (Å²) < 4.78 is 26.9. The second kappa shape index (κ2) is 6.41. The average molecular weight is 309 g/mol. The lowest BCUT2D eigenvalue weighted by atomic mass is 10.1. The van der Waals surface area contributed by atoms with E-state index in [1.165, 1.54) is 16.4 Å². The normalized spacial score (nSPS) is 20.7. The van der Waals surface area contributed by atoms with Gasteiger partial charge in [0.05, 0.1) is 4.90 Å². The van der Waals surface area contributed by atoms with E-state index in [2.05, 4.69) is 0 Å². The van der Waals surface area contributed by atoms with Crippen LogP contribution in [0.5, 0.6) is 0 Å². The summed E-state index contributed by atoms with van der Waals surface area (Å²) in [6.07, 6.45) is 5.19. The van der Waals surface area contributed by atoms with Crippen LogP contribution in [0, 0.1) is 0 Å². The summed E-state index contributed by atoms with van der Waals surface area (Å²) in [6.45, 7) is 2.46. The Kier molecular flexibility index (Phi) is 4.80. The second-order valence-electron chi connectivity index (χ2n) is 5.20. The molecule has 0 spiro atoms. The van der Waals surface area contributed by atoms with Crippen LogP contribution in [0.2, 0.25) is 0 Å². The van der Waals surface area contributed by atoms with Crippen molar-refractivity contribution in [2.24, 2.45) is 0 Å². The molecule has 1 fully saturated rings. The molecule has 1 N–H and O–H groups in total. The number of carbonyl (C=O) groups is 1. The van der Waals surface area contributed by atoms with Crippen LogP contribution in [0.3, 0.4) is 0 Å². The maximum Gasteiger partial charge on any atom is 0.328 e. The Morgan fingerprint density at radius 2 is 2.14 bits per heavy atom. The highest BCUT2D eigenvalue weighted by Gasteiger charge is 2.30. The van der Waals surface area contributed by atoms with Gasteiger partial charge in [-0.1, -0.05) is 18.6 Å². The van der Waals surface area contributed by atoms with Gasteiger partial charge < -0.3 is 5.11 Å². The molecule has 0 saturated carbocycles. The zero-order chi connectivity index (χ0) is 15.5. The number of piperidine rings is 1. The molecule has 1 unspecified atom stereocenters. The summed E-state index contributed by atoms with van der Waals surface area (Å²) in [4.78, 5) is 10.7. The molecule has 1 atom stereocenters. The fraction of sp³-hybridized carbons (Fsp3) is 0.400. The van der Waals surface area contributed by atoms with Crippen molar-refractivity contribution in [3.8, 4) is 0 Å². The molecule has 21 heavy (non-hydrogen) atoms. The number of hydrogen-bond donors (Lipinski definition) is 1. The van der Waals surface area contributed by atoms with E-state index in [-0.39, 0.29) is 10.9 Å². The molecule has 1 saturated heterocycles. The van der Waals surface area contributed by atoms with E-state index in [0.29, 0.717) is 12.1 Å². The molecule has 0 radical (unpaired) electrons. The maximum absolute atomic E-state index is 12.7. The van der Waals surface area contributed by atoms with Crippen LogP contribution in [0.1, 0.15) is 31.7 Å². The van der Waals surface area contributed by atoms with Crippen molar-refractivity contribution in [2.75, 3.05) is 6.54 Å². The zero-order valence-corrected chi connectivity index (χ0v) is 12.7. The first kappa shape index (κ1) is 15.7. The molecule has 1 heterocycles. The molecule has 2 rings (SSSR count). The van der Waals surface area contributed by atoms with E-state index in [9.17, 15) is 13.2 Å². The molecule has 5 nitrogen and oxygen atoms in total. The van der Waals surface area contributed by atoms with Crippen molar-refractivity contribution in [1.82, 2.24) is 4.31 Å². The molecule has 0 bridgehead atoms. The van der Waals surface area contributed by atoms with Crippen molar-refractivity contribution in [3.05, 3.63) is 35.9 Å². The molecule has 1 aromatic carbocycles. The van der Waals surface area contributed by atoms with E-state index in [1.54, 1.807) is 18.2 Å². The number of carboxylic acids is 1. The smallest absolute Gasteiger partial charge is 0.328 e. The summed E-state index contributed by atoms with van der Waals surface area (Å²) in [7, 11) is -3.52. The van der Waals surface area contributed by atoms with Crippen molar-refractivity contribution in [3.63, 3.8) is 0 Å². The number of nitrogens with zero attached hydrogens (tertiary/aromatic N) is 1. The summed E-state index contributed by atoms with van der Waals surface area (Å²) in [5.74, 6) is -1.06. The lowest BCUT2D eigenvalue weighted by molar-refractivity contribution is -0.131. The van der Waals surface area contributed by atoms with Crippen LogP contribution in [-0.2, 0) is 14.8 Å². The third kappa shape index (κ3) is 3.71. The van der Waals surface area contributed by atoms with E-state index >= 15 is 0 Å². The quantitative estimate of drug-likeness (QED) is 0.866. The highest BCUT2D eigenvalue weighted by molar-refractivity contribution is 7.89. The SMILES string of the molecule is CC1CCCCN1S(=O)(=O)c1cccc(C=CC(=O)O)c1. The van der Waals surface area contributed by atoms with Crippen LogP contribution < -0.4 is 0 Å². The number of aliphatic carboxylic acids is 1. The fourth-order valence-corrected chi connectivity index (χ4v) is 4.27. The minimum atomic E-state index is -3.52. The largest absolute Gasteiger partial charge is 0.478 e. The van der Waals surface area contributed by atoms with E-state index in [4.69, 9.17) is 5.11 Å². The van der Waals surface area contributed by atoms with Crippen molar-refractivity contribution < 1.29 is 18.3 Å². The topological polar surface area (TPSA) is 74.7 Å². The molecule has 0 aromatic heterocycles. The number of carboxylic acid groups (broad SMARTS) is 1. The highest BCUT2D eigenvalue weighted by atomic mass is 32.2. The summed E-state index contributed by atoms with van der Waals surface area (Å²) in [5, 5.41) is 8.63. The first-order valence-electron chi connectivity index (χ1n) is 6.94. The maximum atomic E-state index is 12.7. The van der Waals surface area contributed by atoms with Crippen LogP contribution in [0.25, 0.3) is 6.08 Å². The van der Waals surface area contributed by atoms with Gasteiger partial charge in [-0.05, 0) is 43.5 Å². The summed E-state index contributed by atoms with van der Waals surface area (Å²) >= 11 is 0. The standard InChI is InChI=1S/C15H19NO4S/c1-12-5-2-3-10-16(12)21(19,20)14-7-4-6-13(11-14)8-9-15(17)18/h4,6-9,11-12H,2-3,5,10H2,1H3,(H,17,18). The minimum Gasteiger partial charge on any atom is -0.478 e. The van der Waals surface area contributed by atoms with Gasteiger partial charge in [0, 0.05) is 18.7 Å². The minimum absolute atomic E-state index is 0.00182. The fourth-order valence-electron chi connectivity index (χ4n) is 2.51. The van der Waals surface area contributed by atoms with Crippen LogP contribution in [-0.4, -0.2) is 36.4 Å². The van der Waals surface area contributed by atoms with E-state index in [1.807, 2.05) is 6.92 Å². The van der Waals surface area contributed by atoms with Crippen molar-refractivity contribution in [2.45, 2.75) is 37.1 Å². The van der Waals surface area contributed by atoms with Gasteiger partial charge in [-0.3, -0.25) is 0 Å². The molecule has 1 aromatic rings. The highest BCUT2D eigenvalue weighted by Crippen LogP contribution is 2.25. The summed E-state index contributed by atoms with van der Waals surface area (Å²) in [6, 6.07) is 6.37. The Hall–Kier alpha value is -1.66. The molecular formula is C15H19NO4S. The average Bonchev–Trinajstić information content (AvgIpc) is 2.45. The Morgan fingerprint density at radius 3 is 2.81 bits per heavy atom.